The van der Waals surface area contributed by atoms with Crippen molar-refractivity contribution in [1.29, 1.82) is 0 Å². The topological polar surface area (TPSA) is 50.3 Å². The Kier molecular flexibility index (Phi) is 6.37. The molecule has 0 spiro atoms. The Bertz CT molecular complexity index is 1230. The SMILES string of the molecule is Cc1ccc(-c2csc(N3CCC(S(=O)(=O)c4cc(C)c(Cl)cc4Cl)CC3)n2)cc1C. The van der Waals surface area contributed by atoms with E-state index in [-0.39, 0.29) is 9.92 Å². The first-order valence-electron chi connectivity index (χ1n) is 10.1. The minimum absolute atomic E-state index is 0.181. The van der Waals surface area contributed by atoms with Crippen molar-refractivity contribution in [3.8, 4) is 11.3 Å². The highest BCUT2D eigenvalue weighted by Gasteiger charge is 2.33. The van der Waals surface area contributed by atoms with Gasteiger partial charge in [0.25, 0.3) is 0 Å². The molecule has 0 aliphatic carbocycles. The highest BCUT2D eigenvalue weighted by atomic mass is 35.5. The van der Waals surface area contributed by atoms with Crippen molar-refractivity contribution in [2.24, 2.45) is 0 Å². The van der Waals surface area contributed by atoms with Crippen LogP contribution >= 0.6 is 34.5 Å². The zero-order valence-electron chi connectivity index (χ0n) is 17.7. The van der Waals surface area contributed by atoms with Crippen molar-refractivity contribution in [3.63, 3.8) is 0 Å². The lowest BCUT2D eigenvalue weighted by atomic mass is 10.1. The molecule has 0 amide bonds. The smallest absolute Gasteiger partial charge is 0.185 e. The maximum atomic E-state index is 13.2. The highest BCUT2D eigenvalue weighted by Crippen LogP contribution is 2.35. The van der Waals surface area contributed by atoms with E-state index in [9.17, 15) is 8.42 Å². The number of benzene rings is 2. The van der Waals surface area contributed by atoms with Crippen LogP contribution in [0.5, 0.6) is 0 Å². The molecule has 0 bridgehead atoms. The van der Waals surface area contributed by atoms with E-state index in [1.165, 1.54) is 17.2 Å². The summed E-state index contributed by atoms with van der Waals surface area (Å²) in [6.07, 6.45) is 1.08. The van der Waals surface area contributed by atoms with Crippen LogP contribution in [-0.2, 0) is 9.84 Å². The minimum Gasteiger partial charge on any atom is -0.348 e. The van der Waals surface area contributed by atoms with Crippen molar-refractivity contribution in [3.05, 3.63) is 62.4 Å². The van der Waals surface area contributed by atoms with Gasteiger partial charge in [-0.2, -0.15) is 0 Å². The number of anilines is 1. The summed E-state index contributed by atoms with van der Waals surface area (Å²) in [6.45, 7) is 7.28. The normalized spacial score (nSPS) is 15.5. The largest absolute Gasteiger partial charge is 0.348 e. The summed E-state index contributed by atoms with van der Waals surface area (Å²) in [5, 5.41) is 3.21. The van der Waals surface area contributed by atoms with Gasteiger partial charge in [0, 0.05) is 29.1 Å². The van der Waals surface area contributed by atoms with Gasteiger partial charge in [0.1, 0.15) is 0 Å². The molecule has 2 heterocycles. The van der Waals surface area contributed by atoms with Crippen molar-refractivity contribution < 1.29 is 8.42 Å². The summed E-state index contributed by atoms with van der Waals surface area (Å²) in [6, 6.07) is 9.47. The first-order valence-corrected chi connectivity index (χ1v) is 13.3. The van der Waals surface area contributed by atoms with Gasteiger partial charge in [0.15, 0.2) is 15.0 Å². The second-order valence-corrected chi connectivity index (χ2v) is 11.9. The molecule has 164 valence electrons. The Morgan fingerprint density at radius 2 is 1.68 bits per heavy atom. The van der Waals surface area contributed by atoms with Gasteiger partial charge in [-0.25, -0.2) is 13.4 Å². The fourth-order valence-corrected chi connectivity index (χ4v) is 7.29. The van der Waals surface area contributed by atoms with E-state index in [1.54, 1.807) is 24.3 Å². The molecule has 3 aromatic rings. The Morgan fingerprint density at radius 1 is 0.968 bits per heavy atom. The van der Waals surface area contributed by atoms with Gasteiger partial charge >= 0.3 is 0 Å². The quantitative estimate of drug-likeness (QED) is 0.416. The molecule has 2 aromatic carbocycles. The lowest BCUT2D eigenvalue weighted by Gasteiger charge is -2.31. The van der Waals surface area contributed by atoms with E-state index in [0.29, 0.717) is 36.5 Å². The molecule has 1 aliphatic rings. The minimum atomic E-state index is -3.52. The van der Waals surface area contributed by atoms with Crippen molar-refractivity contribution in [2.45, 2.75) is 43.8 Å². The van der Waals surface area contributed by atoms with Gasteiger partial charge in [-0.1, -0.05) is 35.3 Å². The number of hydrogen-bond donors (Lipinski definition) is 0. The number of halogens is 2. The van der Waals surface area contributed by atoms with E-state index < -0.39 is 15.1 Å². The predicted molar refractivity (Wildman–Crippen MR) is 131 cm³/mol. The molecule has 8 heteroatoms. The molecule has 1 fully saturated rings. The molecule has 1 aromatic heterocycles. The van der Waals surface area contributed by atoms with E-state index >= 15 is 0 Å². The third-order valence-corrected chi connectivity index (χ3v) is 10.00. The number of hydrogen-bond acceptors (Lipinski definition) is 5. The molecule has 1 saturated heterocycles. The van der Waals surface area contributed by atoms with E-state index in [2.05, 4.69) is 42.3 Å². The fraction of sp³-hybridized carbons (Fsp3) is 0.348. The predicted octanol–water partition coefficient (Wildman–Crippen LogP) is 6.48. The van der Waals surface area contributed by atoms with Crippen LogP contribution in [0.4, 0.5) is 5.13 Å². The summed E-state index contributed by atoms with van der Waals surface area (Å²) in [5.41, 5.74) is 5.29. The van der Waals surface area contributed by atoms with Crippen LogP contribution in [0.2, 0.25) is 10.0 Å². The highest BCUT2D eigenvalue weighted by molar-refractivity contribution is 7.92. The Labute approximate surface area is 197 Å². The summed E-state index contributed by atoms with van der Waals surface area (Å²) >= 11 is 13.9. The van der Waals surface area contributed by atoms with Gasteiger partial charge in [0.2, 0.25) is 0 Å². The molecule has 31 heavy (non-hydrogen) atoms. The summed E-state index contributed by atoms with van der Waals surface area (Å²) < 4.78 is 26.4. The van der Waals surface area contributed by atoms with Crippen molar-refractivity contribution in [2.75, 3.05) is 18.0 Å². The van der Waals surface area contributed by atoms with Crippen molar-refractivity contribution in [1.82, 2.24) is 4.98 Å². The molecular formula is C23H24Cl2N2O2S2. The average Bonchev–Trinajstić information content (AvgIpc) is 3.23. The van der Waals surface area contributed by atoms with Crippen LogP contribution in [-0.4, -0.2) is 31.7 Å². The third-order valence-electron chi connectivity index (χ3n) is 5.97. The fourth-order valence-electron chi connectivity index (χ4n) is 3.83. The lowest BCUT2D eigenvalue weighted by molar-refractivity contribution is 0.529. The Hall–Kier alpha value is -1.60. The maximum Gasteiger partial charge on any atom is 0.185 e. The Balaban J connectivity index is 1.48. The van der Waals surface area contributed by atoms with Crippen LogP contribution in [0.3, 0.4) is 0 Å². The zero-order valence-corrected chi connectivity index (χ0v) is 20.8. The standard InChI is InChI=1S/C23H24Cl2N2O2S2/c1-14-4-5-17(10-15(14)2)21-13-30-23(26-21)27-8-6-18(7-9-27)31(28,29)22-11-16(3)19(24)12-20(22)25/h4-5,10-13,18H,6-9H2,1-3H3. The first-order chi connectivity index (χ1) is 14.7. The van der Waals surface area contributed by atoms with E-state index in [4.69, 9.17) is 28.2 Å². The van der Waals surface area contributed by atoms with Crippen LogP contribution < -0.4 is 4.90 Å². The molecule has 0 radical (unpaired) electrons. The monoisotopic (exact) mass is 494 g/mol. The van der Waals surface area contributed by atoms with Crippen LogP contribution in [0.15, 0.2) is 40.6 Å². The maximum absolute atomic E-state index is 13.2. The number of nitrogens with zero attached hydrogens (tertiary/aromatic N) is 2. The number of aromatic nitrogens is 1. The van der Waals surface area contributed by atoms with Gasteiger partial charge < -0.3 is 4.90 Å². The second-order valence-electron chi connectivity index (χ2n) is 8.08. The molecule has 4 rings (SSSR count). The molecule has 1 aliphatic heterocycles. The van der Waals surface area contributed by atoms with Crippen molar-refractivity contribution >= 4 is 49.5 Å². The second kappa shape index (κ2) is 8.74. The van der Waals surface area contributed by atoms with Crippen LogP contribution in [0, 0.1) is 20.8 Å². The number of thiazole rings is 1. The molecule has 0 unspecified atom stereocenters. The van der Waals surface area contributed by atoms with Gasteiger partial charge in [-0.15, -0.1) is 11.3 Å². The molecule has 4 nitrogen and oxygen atoms in total. The third kappa shape index (κ3) is 4.49. The number of piperidine rings is 1. The van der Waals surface area contributed by atoms with Crippen LogP contribution in [0.25, 0.3) is 11.3 Å². The van der Waals surface area contributed by atoms with E-state index in [0.717, 1.165) is 16.4 Å². The first kappa shape index (κ1) is 22.6. The van der Waals surface area contributed by atoms with Gasteiger partial charge in [-0.3, -0.25) is 0 Å². The lowest BCUT2D eigenvalue weighted by Crippen LogP contribution is -2.39. The average molecular weight is 495 g/mol. The Morgan fingerprint density at radius 3 is 2.35 bits per heavy atom. The molecule has 0 saturated carbocycles. The summed E-state index contributed by atoms with van der Waals surface area (Å²) in [5.74, 6) is 0. The molecule has 0 N–H and O–H groups in total. The van der Waals surface area contributed by atoms with Gasteiger partial charge in [0.05, 0.1) is 20.9 Å². The van der Waals surface area contributed by atoms with Crippen LogP contribution in [0.1, 0.15) is 29.5 Å². The zero-order chi connectivity index (χ0) is 22.3. The number of sulfone groups is 1. The molecular weight excluding hydrogens is 471 g/mol. The van der Waals surface area contributed by atoms with Gasteiger partial charge in [-0.05, 0) is 68.5 Å². The molecule has 0 atom stereocenters. The summed E-state index contributed by atoms with van der Waals surface area (Å²) in [4.78, 5) is 7.17. The van der Waals surface area contributed by atoms with E-state index in [1.807, 2.05) is 0 Å². The summed E-state index contributed by atoms with van der Waals surface area (Å²) in [7, 11) is -3.52. The number of rotatable bonds is 4. The number of aryl methyl sites for hydroxylation is 3.